The summed E-state index contributed by atoms with van der Waals surface area (Å²) in [5, 5.41) is 8.12. The molecule has 15 heavy (non-hydrogen) atoms. The lowest BCUT2D eigenvalue weighted by molar-refractivity contribution is 0.316. The summed E-state index contributed by atoms with van der Waals surface area (Å²) < 4.78 is 0. The first-order valence-corrected chi connectivity index (χ1v) is 5.67. The summed E-state index contributed by atoms with van der Waals surface area (Å²) >= 11 is 0. The van der Waals surface area contributed by atoms with Crippen molar-refractivity contribution in [1.29, 1.82) is 5.41 Å². The highest BCUT2D eigenvalue weighted by atomic mass is 15.2. The largest absolute Gasteiger partial charge is 0.350 e. The topological polar surface area (TPSA) is 27.1 Å². The maximum absolute atomic E-state index is 8.12. The van der Waals surface area contributed by atoms with Crippen LogP contribution in [0, 0.1) is 5.41 Å². The SMILES string of the molecule is CCCC(C)N1Cc2ccccc2C1=N. The summed E-state index contributed by atoms with van der Waals surface area (Å²) in [5.41, 5.74) is 2.41. The molecule has 2 heteroatoms. The van der Waals surface area contributed by atoms with Gasteiger partial charge < -0.3 is 4.90 Å². The summed E-state index contributed by atoms with van der Waals surface area (Å²) in [7, 11) is 0. The van der Waals surface area contributed by atoms with Crippen LogP contribution in [0.3, 0.4) is 0 Å². The van der Waals surface area contributed by atoms with E-state index < -0.39 is 0 Å². The molecule has 1 aromatic rings. The molecule has 0 bridgehead atoms. The Hall–Kier alpha value is -1.31. The van der Waals surface area contributed by atoms with Crippen LogP contribution in [0.5, 0.6) is 0 Å². The lowest BCUT2D eigenvalue weighted by atomic mass is 10.1. The van der Waals surface area contributed by atoms with Crippen LogP contribution < -0.4 is 0 Å². The quantitative estimate of drug-likeness (QED) is 0.801. The van der Waals surface area contributed by atoms with Gasteiger partial charge in [0.2, 0.25) is 0 Å². The van der Waals surface area contributed by atoms with E-state index in [4.69, 9.17) is 5.41 Å². The van der Waals surface area contributed by atoms with Crippen molar-refractivity contribution < 1.29 is 0 Å². The maximum atomic E-state index is 8.12. The Kier molecular flexibility index (Phi) is 2.76. The van der Waals surface area contributed by atoms with Gasteiger partial charge in [0, 0.05) is 18.2 Å². The maximum Gasteiger partial charge on any atom is 0.128 e. The van der Waals surface area contributed by atoms with E-state index in [0.29, 0.717) is 11.9 Å². The number of hydrogen-bond donors (Lipinski definition) is 1. The number of rotatable bonds is 3. The van der Waals surface area contributed by atoms with E-state index in [-0.39, 0.29) is 0 Å². The Morgan fingerprint density at radius 1 is 1.40 bits per heavy atom. The predicted octanol–water partition coefficient (Wildman–Crippen LogP) is 3.02. The molecule has 0 radical (unpaired) electrons. The first-order chi connectivity index (χ1) is 7.24. The van der Waals surface area contributed by atoms with Gasteiger partial charge in [-0.15, -0.1) is 0 Å². The number of nitrogens with zero attached hydrogens (tertiary/aromatic N) is 1. The van der Waals surface area contributed by atoms with E-state index in [2.05, 4.69) is 36.9 Å². The van der Waals surface area contributed by atoms with Gasteiger partial charge in [0.1, 0.15) is 5.84 Å². The van der Waals surface area contributed by atoms with E-state index in [9.17, 15) is 0 Å². The van der Waals surface area contributed by atoms with Crippen LogP contribution in [-0.2, 0) is 6.54 Å². The minimum atomic E-state index is 0.481. The second-order valence-corrected chi connectivity index (χ2v) is 4.27. The second kappa shape index (κ2) is 4.05. The molecule has 80 valence electrons. The van der Waals surface area contributed by atoms with Crippen molar-refractivity contribution in [2.75, 3.05) is 0 Å². The van der Waals surface area contributed by atoms with Gasteiger partial charge in [-0.2, -0.15) is 0 Å². The molecule has 1 aromatic carbocycles. The number of nitrogens with one attached hydrogen (secondary N) is 1. The third kappa shape index (κ3) is 1.76. The predicted molar refractivity (Wildman–Crippen MR) is 63.2 cm³/mol. The molecular formula is C13H18N2. The normalized spacial score (nSPS) is 16.7. The molecule has 0 spiro atoms. The number of fused-ring (bicyclic) bond motifs is 1. The van der Waals surface area contributed by atoms with Crippen LogP contribution in [-0.4, -0.2) is 16.8 Å². The van der Waals surface area contributed by atoms with E-state index in [0.717, 1.165) is 18.5 Å². The van der Waals surface area contributed by atoms with E-state index in [1.807, 2.05) is 6.07 Å². The molecule has 0 fully saturated rings. The van der Waals surface area contributed by atoms with Gasteiger partial charge in [0.05, 0.1) is 0 Å². The van der Waals surface area contributed by atoms with Crippen LogP contribution >= 0.6 is 0 Å². The molecule has 1 aliphatic heterocycles. The monoisotopic (exact) mass is 202 g/mol. The number of benzene rings is 1. The van der Waals surface area contributed by atoms with Gasteiger partial charge >= 0.3 is 0 Å². The fraction of sp³-hybridized carbons (Fsp3) is 0.462. The van der Waals surface area contributed by atoms with E-state index in [1.165, 1.54) is 12.0 Å². The Morgan fingerprint density at radius 3 is 2.80 bits per heavy atom. The van der Waals surface area contributed by atoms with Crippen LogP contribution in [0.2, 0.25) is 0 Å². The standard InChI is InChI=1S/C13H18N2/c1-3-6-10(2)15-9-11-7-4-5-8-12(11)13(15)14/h4-5,7-8,10,14H,3,6,9H2,1-2H3. The molecule has 0 saturated heterocycles. The summed E-state index contributed by atoms with van der Waals surface area (Å²) in [6, 6.07) is 8.73. The molecule has 0 aliphatic carbocycles. The first kappa shape index (κ1) is 10.2. The highest BCUT2D eigenvalue weighted by Crippen LogP contribution is 2.25. The van der Waals surface area contributed by atoms with Gasteiger partial charge in [-0.25, -0.2) is 0 Å². The number of amidine groups is 1. The molecule has 0 amide bonds. The van der Waals surface area contributed by atoms with E-state index >= 15 is 0 Å². The summed E-state index contributed by atoms with van der Waals surface area (Å²) in [6.45, 7) is 5.32. The van der Waals surface area contributed by atoms with Gasteiger partial charge in [0.25, 0.3) is 0 Å². The highest BCUT2D eigenvalue weighted by molar-refractivity contribution is 6.00. The molecular weight excluding hydrogens is 184 g/mol. The Balaban J connectivity index is 2.20. The first-order valence-electron chi connectivity index (χ1n) is 5.67. The molecule has 0 aromatic heterocycles. The van der Waals surface area contributed by atoms with Crippen LogP contribution in [0.15, 0.2) is 24.3 Å². The Morgan fingerprint density at radius 2 is 2.13 bits per heavy atom. The average molecular weight is 202 g/mol. The zero-order valence-electron chi connectivity index (χ0n) is 9.46. The summed E-state index contributed by atoms with van der Waals surface area (Å²) in [5.74, 6) is 0.701. The zero-order chi connectivity index (χ0) is 10.8. The third-order valence-electron chi connectivity index (χ3n) is 3.14. The number of hydrogen-bond acceptors (Lipinski definition) is 1. The fourth-order valence-corrected chi connectivity index (χ4v) is 2.26. The van der Waals surface area contributed by atoms with Crippen molar-refractivity contribution in [2.45, 2.75) is 39.3 Å². The lowest BCUT2D eigenvalue weighted by Crippen LogP contribution is -2.33. The Labute approximate surface area is 91.4 Å². The van der Waals surface area contributed by atoms with Crippen molar-refractivity contribution in [1.82, 2.24) is 4.90 Å². The van der Waals surface area contributed by atoms with Crippen molar-refractivity contribution in [2.24, 2.45) is 0 Å². The molecule has 1 heterocycles. The second-order valence-electron chi connectivity index (χ2n) is 4.27. The van der Waals surface area contributed by atoms with Gasteiger partial charge in [0.15, 0.2) is 0 Å². The fourth-order valence-electron chi connectivity index (χ4n) is 2.26. The van der Waals surface area contributed by atoms with Gasteiger partial charge in [-0.05, 0) is 18.9 Å². The van der Waals surface area contributed by atoms with Crippen LogP contribution in [0.1, 0.15) is 37.8 Å². The van der Waals surface area contributed by atoms with Crippen molar-refractivity contribution in [3.05, 3.63) is 35.4 Å². The molecule has 2 rings (SSSR count). The van der Waals surface area contributed by atoms with E-state index in [1.54, 1.807) is 0 Å². The molecule has 2 nitrogen and oxygen atoms in total. The van der Waals surface area contributed by atoms with Gasteiger partial charge in [-0.1, -0.05) is 37.6 Å². The summed E-state index contributed by atoms with van der Waals surface area (Å²) in [6.07, 6.45) is 2.34. The molecule has 1 aliphatic rings. The highest BCUT2D eigenvalue weighted by Gasteiger charge is 2.26. The molecule has 1 atom stereocenters. The van der Waals surface area contributed by atoms with Crippen molar-refractivity contribution >= 4 is 5.84 Å². The summed E-state index contributed by atoms with van der Waals surface area (Å²) in [4.78, 5) is 2.20. The van der Waals surface area contributed by atoms with Crippen molar-refractivity contribution in [3.8, 4) is 0 Å². The smallest absolute Gasteiger partial charge is 0.128 e. The van der Waals surface area contributed by atoms with Gasteiger partial charge in [-0.3, -0.25) is 5.41 Å². The lowest BCUT2D eigenvalue weighted by Gasteiger charge is -2.25. The molecule has 1 N–H and O–H groups in total. The zero-order valence-corrected chi connectivity index (χ0v) is 9.46. The Bertz CT molecular complexity index is 371. The van der Waals surface area contributed by atoms with Crippen LogP contribution in [0.4, 0.5) is 0 Å². The van der Waals surface area contributed by atoms with Crippen LogP contribution in [0.25, 0.3) is 0 Å². The van der Waals surface area contributed by atoms with Crippen molar-refractivity contribution in [3.63, 3.8) is 0 Å². The molecule has 1 unspecified atom stereocenters. The minimum Gasteiger partial charge on any atom is -0.350 e. The average Bonchev–Trinajstić information content (AvgIpc) is 2.57. The molecule has 0 saturated carbocycles. The third-order valence-corrected chi connectivity index (χ3v) is 3.14. The minimum absolute atomic E-state index is 0.481.